The van der Waals surface area contributed by atoms with Crippen molar-refractivity contribution in [3.8, 4) is 11.3 Å². The number of aliphatic imine (C=N–C) groups is 1. The number of fused-ring (bicyclic) bond motifs is 1. The molecular formula is C23H25N7O. The van der Waals surface area contributed by atoms with Crippen LogP contribution in [0.2, 0.25) is 0 Å². The number of allylic oxidation sites excluding steroid dienone is 3. The van der Waals surface area contributed by atoms with Crippen LogP contribution in [0.25, 0.3) is 16.8 Å². The van der Waals surface area contributed by atoms with Gasteiger partial charge >= 0.3 is 0 Å². The quantitative estimate of drug-likeness (QED) is 0.423. The second-order valence-electron chi connectivity index (χ2n) is 7.27. The largest absolute Gasteiger partial charge is 0.382 e. The van der Waals surface area contributed by atoms with E-state index in [4.69, 9.17) is 10.7 Å². The van der Waals surface area contributed by atoms with Gasteiger partial charge in [0, 0.05) is 23.5 Å². The normalized spacial score (nSPS) is 16.8. The highest BCUT2D eigenvalue weighted by Crippen LogP contribution is 2.32. The van der Waals surface area contributed by atoms with Crippen LogP contribution in [0.15, 0.2) is 65.7 Å². The third-order valence-electron chi connectivity index (χ3n) is 5.26. The average molecular weight is 416 g/mol. The number of hydrogen-bond acceptors (Lipinski definition) is 6. The van der Waals surface area contributed by atoms with E-state index in [0.29, 0.717) is 17.2 Å². The number of nitrogen functional groups attached to an aromatic ring is 1. The molecule has 4 rings (SSSR count). The lowest BCUT2D eigenvalue weighted by atomic mass is 10.1. The first-order valence-electron chi connectivity index (χ1n) is 10.2. The Labute approximate surface area is 180 Å². The van der Waals surface area contributed by atoms with E-state index in [1.165, 1.54) is 0 Å². The van der Waals surface area contributed by atoms with E-state index >= 15 is 0 Å². The van der Waals surface area contributed by atoms with Gasteiger partial charge in [0.2, 0.25) is 0 Å². The van der Waals surface area contributed by atoms with E-state index in [-0.39, 0.29) is 11.9 Å². The van der Waals surface area contributed by atoms with Crippen molar-refractivity contribution in [1.29, 1.82) is 0 Å². The average Bonchev–Trinajstić information content (AvgIpc) is 3.45. The number of hydrogen-bond donors (Lipinski definition) is 3. The first-order valence-corrected chi connectivity index (χ1v) is 10.2. The molecule has 158 valence electrons. The van der Waals surface area contributed by atoms with Gasteiger partial charge in [0.25, 0.3) is 5.91 Å². The van der Waals surface area contributed by atoms with Gasteiger partial charge in [-0.1, -0.05) is 24.3 Å². The molecule has 1 fully saturated rings. The van der Waals surface area contributed by atoms with E-state index in [0.717, 1.165) is 42.0 Å². The van der Waals surface area contributed by atoms with Crippen LogP contribution in [0, 0.1) is 0 Å². The van der Waals surface area contributed by atoms with Gasteiger partial charge < -0.3 is 16.4 Å². The number of aromatic nitrogens is 3. The van der Waals surface area contributed by atoms with Gasteiger partial charge in [-0.2, -0.15) is 0 Å². The highest BCUT2D eigenvalue weighted by Gasteiger charge is 2.24. The molecule has 8 heteroatoms. The Hall–Kier alpha value is -3.78. The Morgan fingerprint density at radius 3 is 2.87 bits per heavy atom. The van der Waals surface area contributed by atoms with Crippen molar-refractivity contribution in [1.82, 2.24) is 25.0 Å². The summed E-state index contributed by atoms with van der Waals surface area (Å²) in [4.78, 5) is 25.5. The Kier molecular flexibility index (Phi) is 5.90. The van der Waals surface area contributed by atoms with Gasteiger partial charge in [0.05, 0.1) is 6.04 Å². The van der Waals surface area contributed by atoms with Gasteiger partial charge in [-0.05, 0) is 51.2 Å². The summed E-state index contributed by atoms with van der Waals surface area (Å²) < 4.78 is 2.01. The van der Waals surface area contributed by atoms with E-state index in [9.17, 15) is 4.79 Å². The predicted octanol–water partition coefficient (Wildman–Crippen LogP) is 3.25. The third kappa shape index (κ3) is 4.10. The maximum absolute atomic E-state index is 12.5. The zero-order valence-electron chi connectivity index (χ0n) is 17.4. The summed E-state index contributed by atoms with van der Waals surface area (Å²) >= 11 is 0. The lowest BCUT2D eigenvalue weighted by molar-refractivity contribution is 0.0965. The van der Waals surface area contributed by atoms with E-state index in [1.807, 2.05) is 35.7 Å². The minimum Gasteiger partial charge on any atom is -0.382 e. The maximum Gasteiger partial charge on any atom is 0.256 e. The molecule has 1 saturated heterocycles. The summed E-state index contributed by atoms with van der Waals surface area (Å²) in [5.41, 5.74) is 9.11. The van der Waals surface area contributed by atoms with Gasteiger partial charge in [-0.3, -0.25) is 9.20 Å². The van der Waals surface area contributed by atoms with Crippen LogP contribution in [0.5, 0.6) is 0 Å². The summed E-state index contributed by atoms with van der Waals surface area (Å²) in [5.74, 6) is 1.47. The molecule has 0 spiro atoms. The number of carbonyl (C=O) groups is 1. The van der Waals surface area contributed by atoms with Crippen molar-refractivity contribution in [2.24, 2.45) is 4.99 Å². The number of nitrogens with two attached hydrogens (primary N) is 1. The number of nitrogens with zero attached hydrogens (tertiary/aromatic N) is 4. The Morgan fingerprint density at radius 2 is 2.19 bits per heavy atom. The van der Waals surface area contributed by atoms with Crippen molar-refractivity contribution >= 4 is 24.0 Å². The van der Waals surface area contributed by atoms with Gasteiger partial charge in [0.15, 0.2) is 0 Å². The van der Waals surface area contributed by atoms with Crippen molar-refractivity contribution in [2.75, 3.05) is 12.3 Å². The van der Waals surface area contributed by atoms with Gasteiger partial charge in [0.1, 0.15) is 28.7 Å². The summed E-state index contributed by atoms with van der Waals surface area (Å²) in [6.07, 6.45) is 11.0. The molecular weight excluding hydrogens is 390 g/mol. The summed E-state index contributed by atoms with van der Waals surface area (Å²) in [6, 6.07) is 7.43. The van der Waals surface area contributed by atoms with Crippen molar-refractivity contribution < 1.29 is 4.79 Å². The zero-order chi connectivity index (χ0) is 21.8. The number of rotatable bonds is 6. The molecule has 2 aromatic heterocycles. The van der Waals surface area contributed by atoms with Crippen LogP contribution in [-0.2, 0) is 0 Å². The van der Waals surface area contributed by atoms with Crippen molar-refractivity contribution in [3.05, 3.63) is 72.1 Å². The Bertz CT molecular complexity index is 1170. The molecule has 0 saturated carbocycles. The molecule has 1 aliphatic rings. The lowest BCUT2D eigenvalue weighted by Crippen LogP contribution is -2.21. The maximum atomic E-state index is 12.5. The number of nitrogens with one attached hydrogen (secondary N) is 2. The molecule has 3 heterocycles. The number of anilines is 1. The van der Waals surface area contributed by atoms with Crippen molar-refractivity contribution in [2.45, 2.75) is 25.8 Å². The van der Waals surface area contributed by atoms with Crippen molar-refractivity contribution in [3.63, 3.8) is 0 Å². The molecule has 0 radical (unpaired) electrons. The highest BCUT2D eigenvalue weighted by atomic mass is 16.1. The van der Waals surface area contributed by atoms with E-state index in [2.05, 4.69) is 27.3 Å². The topological polar surface area (TPSA) is 110 Å². The lowest BCUT2D eigenvalue weighted by Gasteiger charge is -2.08. The highest BCUT2D eigenvalue weighted by molar-refractivity contribution is 5.96. The molecule has 8 nitrogen and oxygen atoms in total. The van der Waals surface area contributed by atoms with Crippen LogP contribution < -0.4 is 16.4 Å². The summed E-state index contributed by atoms with van der Waals surface area (Å²) in [6.45, 7) is 6.34. The molecule has 3 aromatic rings. The van der Waals surface area contributed by atoms with Crippen LogP contribution in [0.1, 0.15) is 42.0 Å². The number of carbonyl (C=O) groups excluding carboxylic acids is 1. The Morgan fingerprint density at radius 1 is 1.39 bits per heavy atom. The second kappa shape index (κ2) is 8.93. The standard InChI is InChI=1S/C23H25N7O/c1-3-4-7-18(25-2)28-23(31)16-10-8-15(9-11-16)19-20-21(24)27-13-14-30(20)22(29-19)17-6-5-12-26-17/h3-4,7-11,13-14,17,26H,2,5-6,12H2,1H3,(H2,24,27)(H,28,31)/b4-3-,18-7+. The molecule has 1 atom stereocenters. The monoisotopic (exact) mass is 415 g/mol. The van der Waals surface area contributed by atoms with Gasteiger partial charge in [-0.15, -0.1) is 0 Å². The van der Waals surface area contributed by atoms with Crippen LogP contribution in [-0.4, -0.2) is 33.5 Å². The number of benzene rings is 1. The molecule has 1 amide bonds. The molecule has 4 N–H and O–H groups in total. The predicted molar refractivity (Wildman–Crippen MR) is 123 cm³/mol. The zero-order valence-corrected chi connectivity index (χ0v) is 17.4. The third-order valence-corrected chi connectivity index (χ3v) is 5.26. The fourth-order valence-corrected chi connectivity index (χ4v) is 3.73. The summed E-state index contributed by atoms with van der Waals surface area (Å²) in [5, 5.41) is 6.23. The molecule has 0 bridgehead atoms. The molecule has 1 aliphatic heterocycles. The summed E-state index contributed by atoms with van der Waals surface area (Å²) in [7, 11) is 0. The Balaban J connectivity index is 1.66. The first-order chi connectivity index (χ1) is 15.1. The minimum absolute atomic E-state index is 0.182. The van der Waals surface area contributed by atoms with Crippen LogP contribution in [0.4, 0.5) is 5.82 Å². The number of amides is 1. The first kappa shape index (κ1) is 20.5. The molecule has 31 heavy (non-hydrogen) atoms. The smallest absolute Gasteiger partial charge is 0.256 e. The molecule has 1 aromatic carbocycles. The number of imidazole rings is 1. The minimum atomic E-state index is -0.263. The van der Waals surface area contributed by atoms with Crippen LogP contribution >= 0.6 is 0 Å². The van der Waals surface area contributed by atoms with E-state index in [1.54, 1.807) is 30.5 Å². The molecule has 0 aliphatic carbocycles. The molecule has 1 unspecified atom stereocenters. The fourth-order valence-electron chi connectivity index (χ4n) is 3.73. The van der Waals surface area contributed by atoms with E-state index < -0.39 is 0 Å². The van der Waals surface area contributed by atoms with Gasteiger partial charge in [-0.25, -0.2) is 15.0 Å². The van der Waals surface area contributed by atoms with Crippen LogP contribution in [0.3, 0.4) is 0 Å². The SMILES string of the molecule is C=N/C(=C\C=C/C)NC(=O)c1ccc(-c2nc(C3CCCN3)n3ccnc(N)c23)cc1. The second-order valence-corrected chi connectivity index (χ2v) is 7.27. The fraction of sp³-hybridized carbons (Fsp3) is 0.217.